The molecule has 1 aliphatic heterocycles. The van der Waals surface area contributed by atoms with Gasteiger partial charge in [-0.05, 0) is 48.4 Å². The number of nitrogen functional groups attached to an aromatic ring is 1. The molecule has 0 radical (unpaired) electrons. The zero-order chi connectivity index (χ0) is 26.2. The van der Waals surface area contributed by atoms with Crippen LogP contribution < -0.4 is 16.4 Å². The van der Waals surface area contributed by atoms with Crippen LogP contribution in [0, 0.1) is 12.7 Å². The predicted octanol–water partition coefficient (Wildman–Crippen LogP) is 3.30. The second kappa shape index (κ2) is 9.79. The van der Waals surface area contributed by atoms with E-state index in [1.807, 2.05) is 36.1 Å². The first kappa shape index (κ1) is 24.7. The number of sulfone groups is 1. The standard InChI is InChI=1S/C25H26FN7O3S/c1-16-3-2-4-18(11-16)30-25(34)31-22-6-5-17(12-21(22)26)20-13-19(33-23(20)24(27)28-15-29-33)14-32-7-9-37(35,36)10-8-32/h2-6,11-13,15H,7-10,14H2,1H3,(H2,27,28,29)(H2,30,31,34). The van der Waals surface area contributed by atoms with Crippen LogP contribution in [0.2, 0.25) is 0 Å². The first-order chi connectivity index (χ1) is 17.7. The molecule has 5 rings (SSSR count). The molecule has 1 saturated heterocycles. The van der Waals surface area contributed by atoms with E-state index in [1.165, 1.54) is 18.5 Å². The van der Waals surface area contributed by atoms with Crippen molar-refractivity contribution >= 4 is 38.6 Å². The molecule has 1 fully saturated rings. The summed E-state index contributed by atoms with van der Waals surface area (Å²) in [6.07, 6.45) is 1.34. The van der Waals surface area contributed by atoms with E-state index >= 15 is 4.39 Å². The highest BCUT2D eigenvalue weighted by molar-refractivity contribution is 7.91. The number of aromatic nitrogens is 3. The SMILES string of the molecule is Cc1cccc(NC(=O)Nc2ccc(-c3cc(CN4CCS(=O)(=O)CC4)n4ncnc(N)c34)cc2F)c1. The second-order valence-corrected chi connectivity index (χ2v) is 11.3. The van der Waals surface area contributed by atoms with Gasteiger partial charge in [-0.3, -0.25) is 4.90 Å². The Morgan fingerprint density at radius 3 is 2.62 bits per heavy atom. The van der Waals surface area contributed by atoms with Gasteiger partial charge in [0.1, 0.15) is 17.7 Å². The number of carbonyl (C=O) groups is 1. The van der Waals surface area contributed by atoms with Crippen LogP contribution in [0.4, 0.5) is 26.4 Å². The zero-order valence-corrected chi connectivity index (χ0v) is 20.9. The summed E-state index contributed by atoms with van der Waals surface area (Å²) >= 11 is 0. The van der Waals surface area contributed by atoms with E-state index < -0.39 is 21.7 Å². The molecule has 0 bridgehead atoms. The van der Waals surface area contributed by atoms with E-state index in [4.69, 9.17) is 5.73 Å². The predicted molar refractivity (Wildman–Crippen MR) is 141 cm³/mol. The van der Waals surface area contributed by atoms with Crippen LogP contribution >= 0.6 is 0 Å². The van der Waals surface area contributed by atoms with Crippen molar-refractivity contribution in [1.82, 2.24) is 19.5 Å². The van der Waals surface area contributed by atoms with E-state index in [0.29, 0.717) is 42.0 Å². The molecule has 12 heteroatoms. The van der Waals surface area contributed by atoms with E-state index in [9.17, 15) is 13.2 Å². The van der Waals surface area contributed by atoms with Crippen LogP contribution in [-0.4, -0.2) is 58.5 Å². The highest BCUT2D eigenvalue weighted by Crippen LogP contribution is 2.33. The molecule has 2 amide bonds. The van der Waals surface area contributed by atoms with Crippen molar-refractivity contribution in [3.63, 3.8) is 0 Å². The normalized spacial score (nSPS) is 15.5. The molecule has 37 heavy (non-hydrogen) atoms. The third-order valence-electron chi connectivity index (χ3n) is 6.28. The third kappa shape index (κ3) is 5.39. The maximum Gasteiger partial charge on any atom is 0.323 e. The molecule has 192 valence electrons. The zero-order valence-electron chi connectivity index (χ0n) is 20.1. The minimum atomic E-state index is -3.00. The number of carbonyl (C=O) groups excluding carboxylic acids is 1. The fraction of sp³-hybridized carbons (Fsp3) is 0.240. The molecular weight excluding hydrogens is 497 g/mol. The summed E-state index contributed by atoms with van der Waals surface area (Å²) < 4.78 is 40.3. The summed E-state index contributed by atoms with van der Waals surface area (Å²) in [4.78, 5) is 18.5. The first-order valence-electron chi connectivity index (χ1n) is 11.7. The first-order valence-corrected chi connectivity index (χ1v) is 13.5. The van der Waals surface area contributed by atoms with Gasteiger partial charge >= 0.3 is 6.03 Å². The van der Waals surface area contributed by atoms with Crippen LogP contribution in [0.3, 0.4) is 0 Å². The Bertz CT molecular complexity index is 1590. The Morgan fingerprint density at radius 1 is 1.11 bits per heavy atom. The van der Waals surface area contributed by atoms with Gasteiger partial charge in [0.05, 0.1) is 22.9 Å². The van der Waals surface area contributed by atoms with Crippen molar-refractivity contribution in [3.8, 4) is 11.1 Å². The quantitative estimate of drug-likeness (QED) is 0.365. The number of anilines is 3. The topological polar surface area (TPSA) is 135 Å². The molecule has 2 aromatic heterocycles. The largest absolute Gasteiger partial charge is 0.382 e. The van der Waals surface area contributed by atoms with Crippen LogP contribution in [0.5, 0.6) is 0 Å². The second-order valence-electron chi connectivity index (χ2n) is 9.03. The lowest BCUT2D eigenvalue weighted by Crippen LogP contribution is -2.39. The number of halogens is 1. The van der Waals surface area contributed by atoms with Crippen LogP contribution in [-0.2, 0) is 16.4 Å². The van der Waals surface area contributed by atoms with Crippen molar-refractivity contribution < 1.29 is 17.6 Å². The molecule has 4 N–H and O–H groups in total. The number of rotatable bonds is 5. The van der Waals surface area contributed by atoms with Crippen LogP contribution in [0.1, 0.15) is 11.3 Å². The summed E-state index contributed by atoms with van der Waals surface area (Å²) in [6, 6.07) is 13.1. The van der Waals surface area contributed by atoms with Crippen LogP contribution in [0.25, 0.3) is 16.6 Å². The minimum absolute atomic E-state index is 0.0244. The van der Waals surface area contributed by atoms with Gasteiger partial charge in [0.2, 0.25) is 0 Å². The van der Waals surface area contributed by atoms with Crippen molar-refractivity contribution in [2.24, 2.45) is 0 Å². The molecule has 0 unspecified atom stereocenters. The molecule has 0 atom stereocenters. The number of fused-ring (bicyclic) bond motifs is 1. The minimum Gasteiger partial charge on any atom is -0.382 e. The summed E-state index contributed by atoms with van der Waals surface area (Å²) in [6.45, 7) is 3.21. The van der Waals surface area contributed by atoms with E-state index in [2.05, 4.69) is 20.7 Å². The smallest absolute Gasteiger partial charge is 0.323 e. The van der Waals surface area contributed by atoms with Crippen molar-refractivity contribution in [2.45, 2.75) is 13.5 Å². The number of nitrogens with one attached hydrogen (secondary N) is 2. The fourth-order valence-electron chi connectivity index (χ4n) is 4.39. The van der Waals surface area contributed by atoms with Gasteiger partial charge in [-0.15, -0.1) is 0 Å². The molecule has 0 aliphatic carbocycles. The summed E-state index contributed by atoms with van der Waals surface area (Å²) in [5.41, 5.74) is 10.3. The van der Waals surface area contributed by atoms with Gasteiger partial charge < -0.3 is 16.4 Å². The van der Waals surface area contributed by atoms with Gasteiger partial charge in [-0.1, -0.05) is 18.2 Å². The lowest BCUT2D eigenvalue weighted by Gasteiger charge is -2.26. The Kier molecular flexibility index (Phi) is 6.52. The Labute approximate surface area is 213 Å². The maximum atomic E-state index is 15.1. The highest BCUT2D eigenvalue weighted by Gasteiger charge is 2.24. The molecule has 10 nitrogen and oxygen atoms in total. The van der Waals surface area contributed by atoms with Gasteiger partial charge in [0.15, 0.2) is 15.7 Å². The average molecular weight is 524 g/mol. The highest BCUT2D eigenvalue weighted by atomic mass is 32.2. The third-order valence-corrected chi connectivity index (χ3v) is 7.89. The molecule has 4 aromatic rings. The summed E-state index contributed by atoms with van der Waals surface area (Å²) in [5, 5.41) is 9.55. The summed E-state index contributed by atoms with van der Waals surface area (Å²) in [7, 11) is -3.00. The fourth-order valence-corrected chi connectivity index (χ4v) is 5.67. The number of hydrogen-bond acceptors (Lipinski definition) is 7. The monoisotopic (exact) mass is 523 g/mol. The van der Waals surface area contributed by atoms with Crippen molar-refractivity contribution in [1.29, 1.82) is 0 Å². The van der Waals surface area contributed by atoms with Crippen LogP contribution in [0.15, 0.2) is 54.9 Å². The number of benzene rings is 2. The van der Waals surface area contributed by atoms with Crippen molar-refractivity contribution in [2.75, 3.05) is 41.0 Å². The molecule has 1 aliphatic rings. The number of hydrogen-bond donors (Lipinski definition) is 3. The number of nitrogens with zero attached hydrogens (tertiary/aromatic N) is 4. The molecule has 0 saturated carbocycles. The number of aryl methyl sites for hydroxylation is 1. The number of nitrogens with two attached hydrogens (primary N) is 1. The number of urea groups is 1. The maximum absolute atomic E-state index is 15.1. The molecule has 2 aromatic carbocycles. The van der Waals surface area contributed by atoms with Gasteiger partial charge in [-0.25, -0.2) is 27.1 Å². The number of amides is 2. The van der Waals surface area contributed by atoms with Crippen molar-refractivity contribution in [3.05, 3.63) is 71.9 Å². The molecule has 3 heterocycles. The van der Waals surface area contributed by atoms with Gasteiger partial charge in [0.25, 0.3) is 0 Å². The lowest BCUT2D eigenvalue weighted by atomic mass is 10.1. The summed E-state index contributed by atoms with van der Waals surface area (Å²) in [5.74, 6) is -0.165. The average Bonchev–Trinajstić information content (AvgIpc) is 3.21. The Balaban J connectivity index is 1.40. The van der Waals surface area contributed by atoms with E-state index in [-0.39, 0.29) is 23.0 Å². The van der Waals surface area contributed by atoms with E-state index in [1.54, 1.807) is 16.6 Å². The molecular formula is C25H26FN7O3S. The molecule has 0 spiro atoms. The van der Waals surface area contributed by atoms with Gasteiger partial charge in [-0.2, -0.15) is 5.10 Å². The lowest BCUT2D eigenvalue weighted by molar-refractivity contribution is 0.262. The Morgan fingerprint density at radius 2 is 1.89 bits per heavy atom. The van der Waals surface area contributed by atoms with E-state index in [0.717, 1.165) is 11.3 Å². The Hall–Kier alpha value is -4.03. The van der Waals surface area contributed by atoms with Gasteiger partial charge in [0, 0.05) is 30.9 Å².